The Hall–Kier alpha value is -1.02. The predicted octanol–water partition coefficient (Wildman–Crippen LogP) is 3.89. The van der Waals surface area contributed by atoms with Crippen molar-refractivity contribution in [1.29, 1.82) is 0 Å². The number of para-hydroxylation sites is 1. The lowest BCUT2D eigenvalue weighted by Crippen LogP contribution is -2.42. The number of hydrogen-bond acceptors (Lipinski definition) is 2. The van der Waals surface area contributed by atoms with Crippen LogP contribution >= 0.6 is 0 Å². The van der Waals surface area contributed by atoms with Gasteiger partial charge in [0, 0.05) is 0 Å². The van der Waals surface area contributed by atoms with Crippen LogP contribution in [0.2, 0.25) is 0 Å². The van der Waals surface area contributed by atoms with Crippen LogP contribution in [0.15, 0.2) is 30.3 Å². The highest BCUT2D eigenvalue weighted by Gasteiger charge is 2.33. The summed E-state index contributed by atoms with van der Waals surface area (Å²) in [6, 6.07) is 9.79. The van der Waals surface area contributed by atoms with Gasteiger partial charge in [-0.25, -0.2) is 0 Å². The van der Waals surface area contributed by atoms with Crippen LogP contribution in [0, 0.1) is 11.8 Å². The lowest BCUT2D eigenvalue weighted by atomic mass is 9.85. The molecule has 1 N–H and O–H groups in total. The van der Waals surface area contributed by atoms with E-state index in [9.17, 15) is 5.11 Å². The van der Waals surface area contributed by atoms with E-state index in [1.54, 1.807) is 0 Å². The zero-order chi connectivity index (χ0) is 13.6. The lowest BCUT2D eigenvalue weighted by Gasteiger charge is -2.35. The third kappa shape index (κ3) is 4.69. The minimum absolute atomic E-state index is 0.0677. The zero-order valence-electron chi connectivity index (χ0n) is 12.0. The monoisotopic (exact) mass is 250 g/mol. The summed E-state index contributed by atoms with van der Waals surface area (Å²) in [4.78, 5) is 0. The molecule has 0 amide bonds. The largest absolute Gasteiger partial charge is 0.485 e. The van der Waals surface area contributed by atoms with Gasteiger partial charge in [0.25, 0.3) is 0 Å². The summed E-state index contributed by atoms with van der Waals surface area (Å²) in [5, 5.41) is 9.81. The molecule has 0 fully saturated rings. The Balaban J connectivity index is 2.87. The molecule has 0 aromatic heterocycles. The quantitative estimate of drug-likeness (QED) is 0.795. The topological polar surface area (TPSA) is 29.5 Å². The molecule has 0 atom stereocenters. The van der Waals surface area contributed by atoms with Crippen molar-refractivity contribution < 1.29 is 9.84 Å². The molecule has 0 heterocycles. The van der Waals surface area contributed by atoms with Crippen molar-refractivity contribution in [2.75, 3.05) is 6.61 Å². The van der Waals surface area contributed by atoms with E-state index in [1.165, 1.54) is 0 Å². The first-order chi connectivity index (χ1) is 8.47. The maximum absolute atomic E-state index is 9.81. The summed E-state index contributed by atoms with van der Waals surface area (Å²) < 4.78 is 6.12. The molecule has 2 nitrogen and oxygen atoms in total. The average Bonchev–Trinajstić information content (AvgIpc) is 2.28. The summed E-state index contributed by atoms with van der Waals surface area (Å²) >= 11 is 0. The summed E-state index contributed by atoms with van der Waals surface area (Å²) in [5.41, 5.74) is -0.455. The van der Waals surface area contributed by atoms with Crippen LogP contribution in [0.1, 0.15) is 40.5 Å². The van der Waals surface area contributed by atoms with Crippen LogP contribution in [0.5, 0.6) is 5.75 Å². The molecule has 1 aromatic rings. The number of aliphatic hydroxyl groups excluding tert-OH is 1. The summed E-state index contributed by atoms with van der Waals surface area (Å²) in [6.07, 6.45) is 1.74. The number of ether oxygens (including phenoxy) is 1. The maximum atomic E-state index is 9.81. The van der Waals surface area contributed by atoms with Crippen molar-refractivity contribution in [3.8, 4) is 5.75 Å². The van der Waals surface area contributed by atoms with E-state index >= 15 is 0 Å². The lowest BCUT2D eigenvalue weighted by molar-refractivity contribution is -0.0229. The molecule has 1 aromatic carbocycles. The Morgan fingerprint density at radius 2 is 1.50 bits per heavy atom. The standard InChI is InChI=1S/C16H26O2/c1-13(2)10-16(12-17,11-14(3)4)18-15-8-6-5-7-9-15/h5-9,13-14,17H,10-12H2,1-4H3. The smallest absolute Gasteiger partial charge is 0.132 e. The second-order valence-corrected chi connectivity index (χ2v) is 5.95. The third-order valence-electron chi connectivity index (χ3n) is 2.93. The molecule has 18 heavy (non-hydrogen) atoms. The van der Waals surface area contributed by atoms with Gasteiger partial charge in [0.2, 0.25) is 0 Å². The van der Waals surface area contributed by atoms with E-state index in [1.807, 2.05) is 30.3 Å². The first-order valence-corrected chi connectivity index (χ1v) is 6.82. The molecule has 0 saturated heterocycles. The average molecular weight is 250 g/mol. The Labute approximate surface area is 111 Å². The number of benzene rings is 1. The number of aliphatic hydroxyl groups is 1. The van der Waals surface area contributed by atoms with Crippen molar-refractivity contribution in [2.45, 2.75) is 46.1 Å². The first kappa shape index (κ1) is 15.0. The minimum atomic E-state index is -0.455. The Morgan fingerprint density at radius 1 is 1.00 bits per heavy atom. The van der Waals surface area contributed by atoms with E-state index in [4.69, 9.17) is 4.74 Å². The van der Waals surface area contributed by atoms with Crippen LogP contribution in [-0.4, -0.2) is 17.3 Å². The van der Waals surface area contributed by atoms with Crippen LogP contribution in [0.4, 0.5) is 0 Å². The van der Waals surface area contributed by atoms with Crippen molar-refractivity contribution in [2.24, 2.45) is 11.8 Å². The van der Waals surface area contributed by atoms with Gasteiger partial charge in [0.1, 0.15) is 11.4 Å². The van der Waals surface area contributed by atoms with Gasteiger partial charge in [-0.1, -0.05) is 45.9 Å². The summed E-state index contributed by atoms with van der Waals surface area (Å²) in [7, 11) is 0. The van der Waals surface area contributed by atoms with Gasteiger partial charge in [-0.15, -0.1) is 0 Å². The first-order valence-electron chi connectivity index (χ1n) is 6.82. The SMILES string of the molecule is CC(C)CC(CO)(CC(C)C)Oc1ccccc1. The normalized spacial score (nSPS) is 12.2. The Bertz CT molecular complexity index is 320. The molecule has 0 aliphatic heterocycles. The van der Waals surface area contributed by atoms with Crippen LogP contribution in [0.25, 0.3) is 0 Å². The van der Waals surface area contributed by atoms with Crippen molar-refractivity contribution >= 4 is 0 Å². The fourth-order valence-corrected chi connectivity index (χ4v) is 2.55. The third-order valence-corrected chi connectivity index (χ3v) is 2.93. The molecule has 102 valence electrons. The van der Waals surface area contributed by atoms with E-state index < -0.39 is 5.60 Å². The van der Waals surface area contributed by atoms with E-state index in [2.05, 4.69) is 27.7 Å². The van der Waals surface area contributed by atoms with Gasteiger partial charge in [0.05, 0.1) is 6.61 Å². The van der Waals surface area contributed by atoms with Crippen molar-refractivity contribution in [3.05, 3.63) is 30.3 Å². The number of rotatable bonds is 7. The second kappa shape index (κ2) is 6.79. The van der Waals surface area contributed by atoms with Crippen molar-refractivity contribution in [3.63, 3.8) is 0 Å². The minimum Gasteiger partial charge on any atom is -0.485 e. The molecule has 2 heteroatoms. The van der Waals surface area contributed by atoms with Crippen molar-refractivity contribution in [1.82, 2.24) is 0 Å². The fraction of sp³-hybridized carbons (Fsp3) is 0.625. The van der Waals surface area contributed by atoms with Gasteiger partial charge in [-0.2, -0.15) is 0 Å². The summed E-state index contributed by atoms with van der Waals surface area (Å²) in [5.74, 6) is 1.84. The Morgan fingerprint density at radius 3 is 1.89 bits per heavy atom. The molecule has 0 saturated carbocycles. The molecule has 0 aliphatic rings. The highest BCUT2D eigenvalue weighted by atomic mass is 16.5. The van der Waals surface area contributed by atoms with Gasteiger partial charge in [-0.3, -0.25) is 0 Å². The molecule has 0 bridgehead atoms. The highest BCUT2D eigenvalue weighted by Crippen LogP contribution is 2.30. The molecule has 0 radical (unpaired) electrons. The van der Waals surface area contributed by atoms with Gasteiger partial charge < -0.3 is 9.84 Å². The van der Waals surface area contributed by atoms with Gasteiger partial charge >= 0.3 is 0 Å². The van der Waals surface area contributed by atoms with Crippen LogP contribution < -0.4 is 4.74 Å². The molecule has 1 rings (SSSR count). The Kier molecular flexibility index (Phi) is 5.67. The number of hydrogen-bond donors (Lipinski definition) is 1. The van der Waals surface area contributed by atoms with Crippen LogP contribution in [0.3, 0.4) is 0 Å². The zero-order valence-corrected chi connectivity index (χ0v) is 12.0. The van der Waals surface area contributed by atoms with E-state index in [0.29, 0.717) is 11.8 Å². The maximum Gasteiger partial charge on any atom is 0.132 e. The van der Waals surface area contributed by atoms with Crippen LogP contribution in [-0.2, 0) is 0 Å². The van der Waals surface area contributed by atoms with E-state index in [0.717, 1.165) is 18.6 Å². The molecular formula is C16H26O2. The highest BCUT2D eigenvalue weighted by molar-refractivity contribution is 5.22. The van der Waals surface area contributed by atoms with E-state index in [-0.39, 0.29) is 6.61 Å². The summed E-state index contributed by atoms with van der Waals surface area (Å²) in [6.45, 7) is 8.73. The predicted molar refractivity (Wildman–Crippen MR) is 75.8 cm³/mol. The fourth-order valence-electron chi connectivity index (χ4n) is 2.55. The molecule has 0 unspecified atom stereocenters. The molecular weight excluding hydrogens is 224 g/mol. The van der Waals surface area contributed by atoms with Gasteiger partial charge in [-0.05, 0) is 36.8 Å². The molecule has 0 spiro atoms. The molecule has 0 aliphatic carbocycles. The second-order valence-electron chi connectivity index (χ2n) is 5.95. The van der Waals surface area contributed by atoms with Gasteiger partial charge in [0.15, 0.2) is 0 Å².